The lowest BCUT2D eigenvalue weighted by atomic mass is 9.87. The number of halogens is 1. The van der Waals surface area contributed by atoms with Crippen molar-refractivity contribution in [3.8, 4) is 0 Å². The first kappa shape index (κ1) is 24.5. The molecule has 0 spiro atoms. The van der Waals surface area contributed by atoms with Crippen molar-refractivity contribution < 1.29 is 4.79 Å². The van der Waals surface area contributed by atoms with Crippen LogP contribution in [0.2, 0.25) is 5.02 Å². The summed E-state index contributed by atoms with van der Waals surface area (Å²) in [7, 11) is 1.91. The number of anilines is 1. The number of aromatic nitrogens is 2. The fourth-order valence-corrected chi connectivity index (χ4v) is 3.64. The SMILES string of the molecule is Cc1ccc(Cl)cc1NC(=NCc1c(C)nn(C)c1C)NC(=O)c1ccc(C(C)(C)C)cc1. The second-order valence-electron chi connectivity index (χ2n) is 9.30. The van der Waals surface area contributed by atoms with Gasteiger partial charge in [-0.1, -0.05) is 50.6 Å². The van der Waals surface area contributed by atoms with Gasteiger partial charge >= 0.3 is 0 Å². The van der Waals surface area contributed by atoms with Gasteiger partial charge in [0.1, 0.15) is 0 Å². The molecule has 0 unspecified atom stereocenters. The standard InChI is InChI=1S/C26H32ClN5O/c1-16-8-13-21(27)14-23(16)29-25(28-15-22-17(2)31-32(7)18(22)3)30-24(33)19-9-11-20(12-10-19)26(4,5)6/h8-14H,15H2,1-7H3,(H2,28,29,30,33). The van der Waals surface area contributed by atoms with Crippen LogP contribution in [0, 0.1) is 20.8 Å². The Kier molecular flexibility index (Phi) is 7.28. The minimum Gasteiger partial charge on any atom is -0.326 e. The van der Waals surface area contributed by atoms with Crippen molar-refractivity contribution in [3.63, 3.8) is 0 Å². The van der Waals surface area contributed by atoms with Crippen molar-refractivity contribution in [2.24, 2.45) is 12.0 Å². The molecule has 0 aliphatic heterocycles. The smallest absolute Gasteiger partial charge is 0.257 e. The molecule has 0 aliphatic carbocycles. The summed E-state index contributed by atoms with van der Waals surface area (Å²) >= 11 is 6.19. The van der Waals surface area contributed by atoms with E-state index in [1.54, 1.807) is 0 Å². The van der Waals surface area contributed by atoms with E-state index in [9.17, 15) is 4.79 Å². The Labute approximate surface area is 201 Å². The second kappa shape index (κ2) is 9.79. The van der Waals surface area contributed by atoms with Crippen LogP contribution >= 0.6 is 11.6 Å². The highest BCUT2D eigenvalue weighted by Gasteiger charge is 2.16. The number of benzene rings is 2. The molecule has 1 aromatic heterocycles. The zero-order valence-corrected chi connectivity index (χ0v) is 21.1. The molecule has 0 atom stereocenters. The third-order valence-corrected chi connectivity index (χ3v) is 5.99. The molecular weight excluding hydrogens is 434 g/mol. The van der Waals surface area contributed by atoms with Crippen molar-refractivity contribution in [1.82, 2.24) is 15.1 Å². The predicted molar refractivity (Wildman–Crippen MR) is 136 cm³/mol. The van der Waals surface area contributed by atoms with Crippen molar-refractivity contribution in [2.75, 3.05) is 5.32 Å². The number of nitrogens with zero attached hydrogens (tertiary/aromatic N) is 3. The molecule has 0 bridgehead atoms. The highest BCUT2D eigenvalue weighted by molar-refractivity contribution is 6.31. The molecule has 7 heteroatoms. The number of aryl methyl sites for hydroxylation is 3. The summed E-state index contributed by atoms with van der Waals surface area (Å²) in [6, 6.07) is 13.2. The van der Waals surface area contributed by atoms with Crippen LogP contribution in [0.1, 0.15) is 59.2 Å². The van der Waals surface area contributed by atoms with Gasteiger partial charge in [-0.25, -0.2) is 4.99 Å². The minimum absolute atomic E-state index is 0.0206. The van der Waals surface area contributed by atoms with Gasteiger partial charge in [-0.3, -0.25) is 14.8 Å². The number of hydrogen-bond acceptors (Lipinski definition) is 3. The van der Waals surface area contributed by atoms with Crippen molar-refractivity contribution in [1.29, 1.82) is 0 Å². The van der Waals surface area contributed by atoms with E-state index < -0.39 is 0 Å². The number of carbonyl (C=O) groups excluding carboxylic acids is 1. The average molecular weight is 466 g/mol. The fraction of sp³-hybridized carbons (Fsp3) is 0.346. The Morgan fingerprint density at radius 3 is 2.33 bits per heavy atom. The summed E-state index contributed by atoms with van der Waals surface area (Å²) in [6.07, 6.45) is 0. The zero-order valence-electron chi connectivity index (χ0n) is 20.4. The third-order valence-electron chi connectivity index (χ3n) is 5.75. The Bertz CT molecular complexity index is 1190. The van der Waals surface area contributed by atoms with Crippen LogP contribution in [-0.4, -0.2) is 21.6 Å². The molecule has 2 N–H and O–H groups in total. The van der Waals surface area contributed by atoms with E-state index >= 15 is 0 Å². The lowest BCUT2D eigenvalue weighted by Crippen LogP contribution is -2.36. The molecule has 0 saturated carbocycles. The molecule has 0 fully saturated rings. The first-order chi connectivity index (χ1) is 15.5. The highest BCUT2D eigenvalue weighted by Crippen LogP contribution is 2.23. The van der Waals surface area contributed by atoms with Crippen LogP contribution in [0.25, 0.3) is 0 Å². The Morgan fingerprint density at radius 2 is 1.76 bits per heavy atom. The van der Waals surface area contributed by atoms with Gasteiger partial charge in [0.15, 0.2) is 0 Å². The number of nitrogens with one attached hydrogen (secondary N) is 2. The van der Waals surface area contributed by atoms with Gasteiger partial charge in [-0.15, -0.1) is 0 Å². The van der Waals surface area contributed by atoms with Crippen LogP contribution in [0.15, 0.2) is 47.5 Å². The molecule has 1 amide bonds. The molecule has 3 rings (SSSR count). The van der Waals surface area contributed by atoms with Crippen molar-refractivity contribution >= 4 is 29.2 Å². The molecular formula is C26H32ClN5O. The monoisotopic (exact) mass is 465 g/mol. The molecule has 0 aliphatic rings. The van der Waals surface area contributed by atoms with E-state index in [4.69, 9.17) is 16.6 Å². The largest absolute Gasteiger partial charge is 0.326 e. The van der Waals surface area contributed by atoms with Crippen LogP contribution in [-0.2, 0) is 19.0 Å². The summed E-state index contributed by atoms with van der Waals surface area (Å²) in [5, 5.41) is 11.2. The number of guanidine groups is 1. The molecule has 174 valence electrons. The summed E-state index contributed by atoms with van der Waals surface area (Å²) in [6.45, 7) is 12.8. The number of hydrogen-bond donors (Lipinski definition) is 2. The van der Waals surface area contributed by atoms with Crippen LogP contribution in [0.3, 0.4) is 0 Å². The van der Waals surface area contributed by atoms with Crippen molar-refractivity contribution in [3.05, 3.63) is 81.1 Å². The molecule has 1 heterocycles. The summed E-state index contributed by atoms with van der Waals surface area (Å²) in [4.78, 5) is 17.7. The number of rotatable bonds is 4. The minimum atomic E-state index is -0.235. The van der Waals surface area contributed by atoms with Crippen molar-refractivity contribution in [2.45, 2.75) is 53.5 Å². The fourth-order valence-electron chi connectivity index (χ4n) is 3.47. The maximum Gasteiger partial charge on any atom is 0.257 e. The number of amides is 1. The van der Waals surface area contributed by atoms with Crippen LogP contribution < -0.4 is 10.6 Å². The maximum atomic E-state index is 13.0. The Hall–Kier alpha value is -3.12. The second-order valence-corrected chi connectivity index (χ2v) is 9.74. The molecule has 2 aromatic carbocycles. The van der Waals surface area contributed by atoms with E-state index in [0.29, 0.717) is 23.1 Å². The van der Waals surface area contributed by atoms with Gasteiger partial charge in [0.25, 0.3) is 5.91 Å². The first-order valence-corrected chi connectivity index (χ1v) is 11.3. The maximum absolute atomic E-state index is 13.0. The third kappa shape index (κ3) is 6.02. The van der Waals surface area contributed by atoms with E-state index in [2.05, 4.69) is 36.5 Å². The lowest BCUT2D eigenvalue weighted by molar-refractivity contribution is 0.0977. The van der Waals surface area contributed by atoms with Gasteiger partial charge in [0.2, 0.25) is 5.96 Å². The summed E-state index contributed by atoms with van der Waals surface area (Å²) in [5.41, 5.74) is 6.52. The number of carbonyl (C=O) groups is 1. The van der Waals surface area contributed by atoms with Gasteiger partial charge in [0.05, 0.1) is 12.2 Å². The topological polar surface area (TPSA) is 71.3 Å². The molecule has 0 saturated heterocycles. The van der Waals surface area contributed by atoms with Crippen LogP contribution in [0.4, 0.5) is 5.69 Å². The Morgan fingerprint density at radius 1 is 1.09 bits per heavy atom. The van der Waals surface area contributed by atoms with Gasteiger partial charge < -0.3 is 5.32 Å². The lowest BCUT2D eigenvalue weighted by Gasteiger charge is -2.19. The Balaban J connectivity index is 1.89. The molecule has 33 heavy (non-hydrogen) atoms. The number of aliphatic imine (C=N–C) groups is 1. The average Bonchev–Trinajstić information content (AvgIpc) is 2.99. The molecule has 6 nitrogen and oxygen atoms in total. The summed E-state index contributed by atoms with van der Waals surface area (Å²) in [5.74, 6) is 0.119. The molecule has 0 radical (unpaired) electrons. The predicted octanol–water partition coefficient (Wildman–Crippen LogP) is 5.69. The van der Waals surface area contributed by atoms with E-state index in [-0.39, 0.29) is 11.3 Å². The van der Waals surface area contributed by atoms with Crippen LogP contribution in [0.5, 0.6) is 0 Å². The quantitative estimate of drug-likeness (QED) is 0.383. The normalized spacial score (nSPS) is 12.1. The highest BCUT2D eigenvalue weighted by atomic mass is 35.5. The van der Waals surface area contributed by atoms with E-state index in [1.807, 2.05) is 75.0 Å². The van der Waals surface area contributed by atoms with E-state index in [1.165, 1.54) is 5.56 Å². The van der Waals surface area contributed by atoms with Gasteiger partial charge in [0, 0.05) is 34.6 Å². The molecule has 3 aromatic rings. The first-order valence-electron chi connectivity index (χ1n) is 10.9. The summed E-state index contributed by atoms with van der Waals surface area (Å²) < 4.78 is 1.84. The van der Waals surface area contributed by atoms with Gasteiger partial charge in [-0.05, 0) is 61.6 Å². The van der Waals surface area contributed by atoms with E-state index in [0.717, 1.165) is 28.2 Å². The van der Waals surface area contributed by atoms with Gasteiger partial charge in [-0.2, -0.15) is 5.10 Å². The zero-order chi connectivity index (χ0) is 24.3.